The summed E-state index contributed by atoms with van der Waals surface area (Å²) in [6.07, 6.45) is -0.974. The normalized spacial score (nSPS) is 12.4. The van der Waals surface area contributed by atoms with Crippen molar-refractivity contribution in [2.75, 3.05) is 0 Å². The lowest BCUT2D eigenvalue weighted by Crippen LogP contribution is -2.24. The third-order valence-electron chi connectivity index (χ3n) is 4.90. The maximum atomic E-state index is 13.0. The molecule has 0 bridgehead atoms. The van der Waals surface area contributed by atoms with Crippen LogP contribution in [0.15, 0.2) is 29.1 Å². The molecule has 3 aromatic heterocycles. The van der Waals surface area contributed by atoms with Crippen molar-refractivity contribution in [3.63, 3.8) is 0 Å². The summed E-state index contributed by atoms with van der Waals surface area (Å²) in [6, 6.07) is 7.49. The van der Waals surface area contributed by atoms with E-state index in [0.717, 1.165) is 27.9 Å². The number of carbonyl (C=O) groups is 2. The minimum Gasteiger partial charge on any atom is -0.450 e. The third kappa shape index (κ3) is 3.15. The van der Waals surface area contributed by atoms with Gasteiger partial charge in [0, 0.05) is 22.2 Å². The van der Waals surface area contributed by atoms with Gasteiger partial charge in [0.05, 0.1) is 5.39 Å². The second kappa shape index (κ2) is 6.97. The van der Waals surface area contributed by atoms with Crippen LogP contribution in [0.25, 0.3) is 21.1 Å². The number of ketones is 1. The number of esters is 1. The Balaban J connectivity index is 1.65. The Morgan fingerprint density at radius 2 is 1.86 bits per heavy atom. The highest BCUT2D eigenvalue weighted by molar-refractivity contribution is 7.20. The number of hydrogen-bond acceptors (Lipinski definition) is 6. The first-order valence-electron chi connectivity index (χ1n) is 9.10. The summed E-state index contributed by atoms with van der Waals surface area (Å²) in [4.78, 5) is 48.8. The van der Waals surface area contributed by atoms with Crippen molar-refractivity contribution in [3.8, 4) is 0 Å². The summed E-state index contributed by atoms with van der Waals surface area (Å²) in [7, 11) is 0. The number of carbonyl (C=O) groups excluding carboxylic acids is 2. The maximum absolute atomic E-state index is 13.0. The van der Waals surface area contributed by atoms with Crippen LogP contribution >= 0.6 is 11.3 Å². The number of para-hydroxylation sites is 1. The second-order valence-electron chi connectivity index (χ2n) is 6.97. The zero-order valence-corrected chi connectivity index (χ0v) is 17.2. The fraction of sp³-hybridized carbons (Fsp3) is 0.238. The molecule has 7 nitrogen and oxygen atoms in total. The Labute approximate surface area is 169 Å². The zero-order chi connectivity index (χ0) is 20.9. The van der Waals surface area contributed by atoms with Crippen LogP contribution in [0.3, 0.4) is 0 Å². The van der Waals surface area contributed by atoms with Gasteiger partial charge in [0.25, 0.3) is 5.56 Å². The topological polar surface area (TPSA) is 105 Å². The quantitative estimate of drug-likeness (QED) is 0.394. The number of H-pyrrole nitrogens is 2. The molecule has 1 atom stereocenters. The number of benzene rings is 1. The smallest absolute Gasteiger partial charge is 0.349 e. The fourth-order valence-electron chi connectivity index (χ4n) is 3.51. The summed E-state index contributed by atoms with van der Waals surface area (Å²) in [5, 5.41) is 1.17. The van der Waals surface area contributed by atoms with Gasteiger partial charge in [-0.1, -0.05) is 18.2 Å². The Hall–Kier alpha value is -3.26. The Kier molecular flexibility index (Phi) is 4.58. The van der Waals surface area contributed by atoms with Gasteiger partial charge in [0.1, 0.15) is 15.5 Å². The molecule has 4 rings (SSSR count). The van der Waals surface area contributed by atoms with Gasteiger partial charge in [-0.3, -0.25) is 9.59 Å². The van der Waals surface area contributed by atoms with Gasteiger partial charge >= 0.3 is 5.97 Å². The molecule has 0 aliphatic heterocycles. The molecule has 0 spiro atoms. The van der Waals surface area contributed by atoms with Gasteiger partial charge in [-0.2, -0.15) is 0 Å². The number of thiophene rings is 1. The molecule has 0 saturated carbocycles. The molecule has 0 aliphatic carbocycles. The lowest BCUT2D eigenvalue weighted by molar-refractivity contribution is 0.0323. The Bertz CT molecular complexity index is 1350. The summed E-state index contributed by atoms with van der Waals surface area (Å²) in [5.74, 6) is -0.443. The van der Waals surface area contributed by atoms with E-state index in [4.69, 9.17) is 4.74 Å². The fourth-order valence-corrected chi connectivity index (χ4v) is 4.62. The molecular weight excluding hydrogens is 390 g/mol. The van der Waals surface area contributed by atoms with Gasteiger partial charge in [-0.05, 0) is 39.3 Å². The minimum atomic E-state index is -0.974. The van der Waals surface area contributed by atoms with Crippen molar-refractivity contribution in [1.29, 1.82) is 0 Å². The average molecular weight is 409 g/mol. The number of ether oxygens (including phenoxy) is 1. The number of aryl methyl sites for hydroxylation is 3. The lowest BCUT2D eigenvalue weighted by Gasteiger charge is -2.12. The van der Waals surface area contributed by atoms with Gasteiger partial charge in [0.2, 0.25) is 5.78 Å². The molecule has 0 saturated heterocycles. The zero-order valence-electron chi connectivity index (χ0n) is 16.4. The predicted octanol–water partition coefficient (Wildman–Crippen LogP) is 3.82. The molecule has 0 aliphatic rings. The number of nitrogens with zero attached hydrogens (tertiary/aromatic N) is 1. The number of nitrogens with one attached hydrogen (secondary N) is 2. The molecule has 148 valence electrons. The molecule has 2 N–H and O–H groups in total. The molecule has 8 heteroatoms. The van der Waals surface area contributed by atoms with Crippen LogP contribution in [-0.4, -0.2) is 32.8 Å². The van der Waals surface area contributed by atoms with Crippen LogP contribution in [0.4, 0.5) is 0 Å². The molecule has 0 amide bonds. The predicted molar refractivity (Wildman–Crippen MR) is 112 cm³/mol. The molecule has 3 heterocycles. The maximum Gasteiger partial charge on any atom is 0.349 e. The largest absolute Gasteiger partial charge is 0.450 e. The molecule has 1 aromatic carbocycles. The van der Waals surface area contributed by atoms with Gasteiger partial charge in [-0.25, -0.2) is 9.78 Å². The van der Waals surface area contributed by atoms with Crippen LogP contribution in [0.2, 0.25) is 0 Å². The van der Waals surface area contributed by atoms with E-state index in [-0.39, 0.29) is 16.2 Å². The molecule has 0 radical (unpaired) electrons. The second-order valence-corrected chi connectivity index (χ2v) is 7.97. The van der Waals surface area contributed by atoms with E-state index in [1.807, 2.05) is 31.2 Å². The number of aromatic nitrogens is 3. The van der Waals surface area contributed by atoms with Crippen molar-refractivity contribution in [2.45, 2.75) is 33.8 Å². The van der Waals surface area contributed by atoms with E-state index in [9.17, 15) is 14.4 Å². The summed E-state index contributed by atoms with van der Waals surface area (Å²) >= 11 is 1.09. The van der Waals surface area contributed by atoms with Gasteiger partial charge in [-0.15, -0.1) is 11.3 Å². The average Bonchev–Trinajstić information content (AvgIpc) is 3.17. The minimum absolute atomic E-state index is 0.277. The first kappa shape index (κ1) is 19.1. The first-order chi connectivity index (χ1) is 13.8. The summed E-state index contributed by atoms with van der Waals surface area (Å²) in [5.41, 5.74) is 2.31. The van der Waals surface area contributed by atoms with Crippen LogP contribution in [0.5, 0.6) is 0 Å². The van der Waals surface area contributed by atoms with E-state index in [0.29, 0.717) is 27.2 Å². The third-order valence-corrected chi connectivity index (χ3v) is 6.06. The van der Waals surface area contributed by atoms with Crippen LogP contribution in [-0.2, 0) is 4.74 Å². The Morgan fingerprint density at radius 3 is 2.62 bits per heavy atom. The van der Waals surface area contributed by atoms with E-state index in [1.54, 1.807) is 20.8 Å². The van der Waals surface area contributed by atoms with Crippen molar-refractivity contribution < 1.29 is 14.3 Å². The van der Waals surface area contributed by atoms with Crippen LogP contribution < -0.4 is 5.56 Å². The number of Topliss-reactive ketones (excluding diaryl/α,β-unsaturated/α-hetero) is 1. The van der Waals surface area contributed by atoms with Crippen molar-refractivity contribution in [2.24, 2.45) is 0 Å². The summed E-state index contributed by atoms with van der Waals surface area (Å²) in [6.45, 7) is 6.73. The van der Waals surface area contributed by atoms with Crippen molar-refractivity contribution >= 4 is 44.2 Å². The number of aromatic amines is 2. The van der Waals surface area contributed by atoms with Crippen LogP contribution in [0, 0.1) is 20.8 Å². The van der Waals surface area contributed by atoms with E-state index < -0.39 is 12.1 Å². The highest BCUT2D eigenvalue weighted by Gasteiger charge is 2.27. The SMILES string of the molecule is Cc1nc2sc(C(=O)OC(C)C(=O)c3c(C)[nH]c4ccccc34)c(C)c2c(=O)[nH]1. The monoisotopic (exact) mass is 409 g/mol. The van der Waals surface area contributed by atoms with E-state index in [1.165, 1.54) is 0 Å². The lowest BCUT2D eigenvalue weighted by atomic mass is 10.0. The van der Waals surface area contributed by atoms with Gasteiger partial charge in [0.15, 0.2) is 6.10 Å². The van der Waals surface area contributed by atoms with Crippen LogP contribution in [0.1, 0.15) is 44.0 Å². The number of fused-ring (bicyclic) bond motifs is 2. The first-order valence-corrected chi connectivity index (χ1v) is 9.92. The number of hydrogen-bond donors (Lipinski definition) is 2. The molecular formula is C21H19N3O4S. The molecule has 1 unspecified atom stereocenters. The van der Waals surface area contributed by atoms with Gasteiger partial charge < -0.3 is 14.7 Å². The van der Waals surface area contributed by atoms with Crippen molar-refractivity contribution in [1.82, 2.24) is 15.0 Å². The van der Waals surface area contributed by atoms with E-state index in [2.05, 4.69) is 15.0 Å². The highest BCUT2D eigenvalue weighted by Crippen LogP contribution is 2.29. The van der Waals surface area contributed by atoms with E-state index >= 15 is 0 Å². The van der Waals surface area contributed by atoms with Crippen molar-refractivity contribution in [3.05, 3.63) is 62.1 Å². The standard InChI is InChI=1S/C21H19N3O4S/c1-9-15-19(26)23-12(4)24-20(15)29-18(9)21(27)28-11(3)17(25)16-10(2)22-14-8-6-5-7-13(14)16/h5-8,11,22H,1-4H3,(H,23,24,26). The number of rotatable bonds is 4. The molecule has 4 aromatic rings. The summed E-state index contributed by atoms with van der Waals surface area (Å²) < 4.78 is 5.47. The Morgan fingerprint density at radius 1 is 1.14 bits per heavy atom. The molecule has 0 fully saturated rings. The highest BCUT2D eigenvalue weighted by atomic mass is 32.1. The molecule has 29 heavy (non-hydrogen) atoms.